The van der Waals surface area contributed by atoms with Crippen molar-refractivity contribution in [2.24, 2.45) is 11.1 Å². The van der Waals surface area contributed by atoms with Gasteiger partial charge in [0.25, 0.3) is 0 Å². The van der Waals surface area contributed by atoms with Crippen LogP contribution in [0.4, 0.5) is 10.8 Å². The first-order valence-electron chi connectivity index (χ1n) is 12.1. The number of Topliss-reactive ketones (excluding diaryl/α,β-unsaturated/α-hetero) is 1. The predicted octanol–water partition coefficient (Wildman–Crippen LogP) is 5.87. The third kappa shape index (κ3) is 5.39. The van der Waals surface area contributed by atoms with Crippen molar-refractivity contribution in [3.05, 3.63) is 75.1 Å². The van der Waals surface area contributed by atoms with Crippen LogP contribution in [0.1, 0.15) is 44.1 Å². The molecule has 0 bridgehead atoms. The summed E-state index contributed by atoms with van der Waals surface area (Å²) in [6, 6.07) is 13.2. The van der Waals surface area contributed by atoms with Crippen LogP contribution in [0.3, 0.4) is 0 Å². The largest absolute Gasteiger partial charge is 0.465 e. The lowest BCUT2D eigenvalue weighted by atomic mass is 9.69. The summed E-state index contributed by atoms with van der Waals surface area (Å²) in [5.41, 5.74) is 8.44. The van der Waals surface area contributed by atoms with Gasteiger partial charge in [0.15, 0.2) is 10.1 Å². The molecule has 200 valence electrons. The van der Waals surface area contributed by atoms with E-state index < -0.39 is 5.92 Å². The summed E-state index contributed by atoms with van der Waals surface area (Å²) in [7, 11) is 0. The highest BCUT2D eigenvalue weighted by atomic mass is 79.9. The van der Waals surface area contributed by atoms with E-state index in [0.717, 1.165) is 4.47 Å². The Morgan fingerprint density at radius 2 is 2.08 bits per heavy atom. The van der Waals surface area contributed by atoms with Crippen LogP contribution in [0.2, 0.25) is 0 Å². The van der Waals surface area contributed by atoms with Crippen LogP contribution in [0.25, 0.3) is 0 Å². The standard InChI is InChI=1S/C27H25BrN6O3S2/c1-14-8-9-20(37-14)22-15(12-29)24(30)34(18-10-27(2,3)11-19(35)23(18)22)25-32-33-26(39-25)38-13-21(36)31-17-7-5-4-6-16(17)28/h4-9,22H,10-11,13,30H2,1-3H3,(H,31,36). The summed E-state index contributed by atoms with van der Waals surface area (Å²) in [6.45, 7) is 5.88. The average Bonchev–Trinajstić information content (AvgIpc) is 3.51. The molecule has 1 atom stereocenters. The number of anilines is 2. The average molecular weight is 626 g/mol. The molecule has 3 N–H and O–H groups in total. The third-order valence-electron chi connectivity index (χ3n) is 6.49. The van der Waals surface area contributed by atoms with Crippen LogP contribution in [0, 0.1) is 23.7 Å². The van der Waals surface area contributed by atoms with Crippen LogP contribution in [-0.2, 0) is 9.59 Å². The van der Waals surface area contributed by atoms with Crippen molar-refractivity contribution in [3.8, 4) is 6.07 Å². The SMILES string of the molecule is Cc1ccc(C2C(C#N)=C(N)N(c3nnc(SCC(=O)Nc4ccccc4Br)s3)C3=C2C(=O)CC(C)(C)C3)o1. The van der Waals surface area contributed by atoms with Gasteiger partial charge < -0.3 is 15.5 Å². The lowest BCUT2D eigenvalue weighted by molar-refractivity contribution is -0.118. The Labute approximate surface area is 242 Å². The summed E-state index contributed by atoms with van der Waals surface area (Å²) < 4.78 is 7.24. The number of carbonyl (C=O) groups is 2. The highest BCUT2D eigenvalue weighted by molar-refractivity contribution is 9.10. The van der Waals surface area contributed by atoms with E-state index in [1.165, 1.54) is 23.1 Å². The maximum atomic E-state index is 13.6. The molecule has 1 unspecified atom stereocenters. The maximum absolute atomic E-state index is 13.6. The molecule has 2 aliphatic rings. The van der Waals surface area contributed by atoms with E-state index in [2.05, 4.69) is 37.5 Å². The van der Waals surface area contributed by atoms with Crippen molar-refractivity contribution < 1.29 is 14.0 Å². The number of halogens is 1. The lowest BCUT2D eigenvalue weighted by Crippen LogP contribution is -2.42. The van der Waals surface area contributed by atoms with Gasteiger partial charge in [-0.25, -0.2) is 0 Å². The molecule has 0 fully saturated rings. The Hall–Kier alpha value is -3.40. The number of ketones is 1. The van der Waals surface area contributed by atoms with Gasteiger partial charge in [-0.3, -0.25) is 14.5 Å². The summed E-state index contributed by atoms with van der Waals surface area (Å²) in [4.78, 5) is 27.8. The monoisotopic (exact) mass is 624 g/mol. The number of aryl methyl sites for hydroxylation is 1. The van der Waals surface area contributed by atoms with Gasteiger partial charge in [-0.2, -0.15) is 5.26 Å². The summed E-state index contributed by atoms with van der Waals surface area (Å²) in [5, 5.41) is 22.1. The van der Waals surface area contributed by atoms with Gasteiger partial charge >= 0.3 is 0 Å². The second-order valence-corrected chi connectivity index (χ2v) is 13.1. The number of thioether (sulfide) groups is 1. The fraction of sp³-hybridized carbons (Fsp3) is 0.296. The fourth-order valence-electron chi connectivity index (χ4n) is 4.85. The first-order chi connectivity index (χ1) is 18.6. The quantitative estimate of drug-likeness (QED) is 0.322. The molecule has 2 aromatic heterocycles. The Bertz CT molecular complexity index is 1580. The number of nitrogens with two attached hydrogens (primary N) is 1. The topological polar surface area (TPSA) is 138 Å². The number of furan rings is 1. The van der Waals surface area contributed by atoms with Crippen LogP contribution in [-0.4, -0.2) is 27.6 Å². The molecule has 9 nitrogen and oxygen atoms in total. The number of amides is 1. The highest BCUT2D eigenvalue weighted by Gasteiger charge is 2.46. The molecule has 1 amide bonds. The van der Waals surface area contributed by atoms with E-state index >= 15 is 0 Å². The van der Waals surface area contributed by atoms with Crippen LogP contribution >= 0.6 is 39.0 Å². The number of benzene rings is 1. The van der Waals surface area contributed by atoms with Crippen molar-refractivity contribution in [1.82, 2.24) is 10.2 Å². The van der Waals surface area contributed by atoms with E-state index in [9.17, 15) is 14.9 Å². The number of nitrogens with one attached hydrogen (secondary N) is 1. The van der Waals surface area contributed by atoms with Crippen LogP contribution in [0.15, 0.2) is 72.3 Å². The van der Waals surface area contributed by atoms with Crippen LogP contribution in [0.5, 0.6) is 0 Å². The second kappa shape index (κ2) is 10.6. The molecule has 5 rings (SSSR count). The van der Waals surface area contributed by atoms with Gasteiger partial charge in [0.1, 0.15) is 17.3 Å². The number of aromatic nitrogens is 2. The van der Waals surface area contributed by atoms with Gasteiger partial charge in [0.2, 0.25) is 11.0 Å². The Kier molecular flexibility index (Phi) is 7.41. The Balaban J connectivity index is 1.46. The fourth-order valence-corrected chi connectivity index (χ4v) is 6.91. The first-order valence-corrected chi connectivity index (χ1v) is 14.7. The lowest BCUT2D eigenvalue weighted by Gasteiger charge is -2.42. The van der Waals surface area contributed by atoms with Crippen LogP contribution < -0.4 is 16.0 Å². The molecule has 39 heavy (non-hydrogen) atoms. The summed E-state index contributed by atoms with van der Waals surface area (Å²) in [6.07, 6.45) is 0.901. The van der Waals surface area contributed by atoms with Gasteiger partial charge in [0.05, 0.1) is 29.0 Å². The smallest absolute Gasteiger partial charge is 0.234 e. The molecule has 3 heterocycles. The molecular weight excluding hydrogens is 600 g/mol. The zero-order valence-electron chi connectivity index (χ0n) is 21.4. The maximum Gasteiger partial charge on any atom is 0.234 e. The van der Waals surface area contributed by atoms with Gasteiger partial charge in [-0.05, 0) is 59.0 Å². The van der Waals surface area contributed by atoms with Gasteiger partial charge in [-0.1, -0.05) is 49.1 Å². The van der Waals surface area contributed by atoms with Gasteiger partial charge in [-0.15, -0.1) is 10.2 Å². The first kappa shape index (κ1) is 27.2. The molecule has 0 spiro atoms. The van der Waals surface area contributed by atoms with E-state index in [4.69, 9.17) is 10.2 Å². The zero-order valence-corrected chi connectivity index (χ0v) is 24.7. The molecule has 1 aliphatic carbocycles. The molecular formula is C27H25BrN6O3S2. The summed E-state index contributed by atoms with van der Waals surface area (Å²) >= 11 is 5.92. The van der Waals surface area contributed by atoms with Gasteiger partial charge in [0, 0.05) is 22.2 Å². The van der Waals surface area contributed by atoms with Crippen molar-refractivity contribution in [2.45, 2.75) is 43.9 Å². The molecule has 0 radical (unpaired) electrons. The number of allylic oxidation sites excluding steroid dienone is 3. The van der Waals surface area contributed by atoms with E-state index in [-0.39, 0.29) is 34.3 Å². The molecule has 12 heteroatoms. The Morgan fingerprint density at radius 1 is 1.31 bits per heavy atom. The number of hydrogen-bond acceptors (Lipinski definition) is 10. The van der Waals surface area contributed by atoms with E-state index in [1.807, 2.05) is 51.1 Å². The minimum Gasteiger partial charge on any atom is -0.465 e. The third-order valence-corrected chi connectivity index (χ3v) is 9.22. The molecule has 0 saturated carbocycles. The molecule has 0 saturated heterocycles. The van der Waals surface area contributed by atoms with Crippen molar-refractivity contribution in [2.75, 3.05) is 16.0 Å². The van der Waals surface area contributed by atoms with Crippen molar-refractivity contribution >= 4 is 61.5 Å². The van der Waals surface area contributed by atoms with Crippen molar-refractivity contribution in [1.29, 1.82) is 5.26 Å². The number of rotatable bonds is 6. The minimum atomic E-state index is -0.679. The normalized spacial score (nSPS) is 18.7. The zero-order chi connectivity index (χ0) is 27.9. The number of para-hydroxylation sites is 1. The molecule has 1 aliphatic heterocycles. The molecule has 1 aromatic carbocycles. The number of hydrogen-bond donors (Lipinski definition) is 2. The molecule has 3 aromatic rings. The summed E-state index contributed by atoms with van der Waals surface area (Å²) in [5.74, 6) is 0.605. The number of nitriles is 1. The van der Waals surface area contributed by atoms with Crippen molar-refractivity contribution in [3.63, 3.8) is 0 Å². The van der Waals surface area contributed by atoms with E-state index in [1.54, 1.807) is 11.0 Å². The second-order valence-electron chi connectivity index (χ2n) is 10.1. The van der Waals surface area contributed by atoms with E-state index in [0.29, 0.717) is 50.8 Å². The predicted molar refractivity (Wildman–Crippen MR) is 154 cm³/mol. The highest BCUT2D eigenvalue weighted by Crippen LogP contribution is 2.51. The number of nitrogens with zero attached hydrogens (tertiary/aromatic N) is 4. The number of carbonyl (C=O) groups excluding carboxylic acids is 2. The minimum absolute atomic E-state index is 0.0478. The Morgan fingerprint density at radius 3 is 2.77 bits per heavy atom.